The van der Waals surface area contributed by atoms with Crippen molar-refractivity contribution in [3.8, 4) is 0 Å². The monoisotopic (exact) mass is 883 g/mol. The first-order chi connectivity index (χ1) is 28.7. The normalized spacial score (nSPS) is 14.4. The second-order valence-corrected chi connectivity index (χ2v) is 29.0. The van der Waals surface area contributed by atoms with Crippen molar-refractivity contribution in [3.05, 3.63) is 138 Å². The first-order valence-electron chi connectivity index (χ1n) is 25.0. The van der Waals surface area contributed by atoms with Crippen molar-refractivity contribution >= 4 is 0 Å². The molecule has 0 aliphatic carbocycles. The molecule has 1 heteroatoms. The van der Waals surface area contributed by atoms with E-state index in [2.05, 4.69) is 256 Å². The molecule has 4 rings (SSSR count). The Balaban J connectivity index is 2.56. The molecule has 4 aromatic carbocycles. The molecule has 0 radical (unpaired) electrons. The number of hydrogen-bond donors (Lipinski definition) is 0. The van der Waals surface area contributed by atoms with Crippen molar-refractivity contribution in [1.82, 2.24) is 0 Å². The van der Waals surface area contributed by atoms with Crippen LogP contribution in [0, 0.1) is 27.7 Å². The lowest BCUT2D eigenvalue weighted by molar-refractivity contribution is -0.110. The molecule has 0 heterocycles. The van der Waals surface area contributed by atoms with Crippen molar-refractivity contribution in [1.29, 1.82) is 0 Å². The van der Waals surface area contributed by atoms with Crippen molar-refractivity contribution in [2.75, 3.05) is 0 Å². The molecule has 0 aliphatic heterocycles. The summed E-state index contributed by atoms with van der Waals surface area (Å²) in [6.45, 7) is 71.4. The third kappa shape index (κ3) is 10.9. The first kappa shape index (κ1) is 54.4. The molecule has 0 spiro atoms. The van der Waals surface area contributed by atoms with E-state index < -0.39 is 11.2 Å². The maximum Gasteiger partial charge on any atom is 0.118 e. The largest absolute Gasteiger partial charge is 0.350 e. The Kier molecular flexibility index (Phi) is 14.1. The molecule has 0 atom stereocenters. The molecule has 1 nitrogen and oxygen atoms in total. The van der Waals surface area contributed by atoms with E-state index >= 15 is 0 Å². The van der Waals surface area contributed by atoms with Crippen molar-refractivity contribution < 1.29 is 4.74 Å². The van der Waals surface area contributed by atoms with Crippen LogP contribution in [0.15, 0.2) is 48.5 Å². The quantitative estimate of drug-likeness (QED) is 0.187. The van der Waals surface area contributed by atoms with Crippen LogP contribution >= 0.6 is 0 Å². The lowest BCUT2D eigenvalue weighted by Crippen LogP contribution is -2.46. The van der Waals surface area contributed by atoms with E-state index in [1.807, 2.05) is 0 Å². The lowest BCUT2D eigenvalue weighted by Gasteiger charge is -2.50. The summed E-state index contributed by atoms with van der Waals surface area (Å²) in [6, 6.07) is 20.0. The van der Waals surface area contributed by atoms with Crippen LogP contribution < -0.4 is 0 Å². The zero-order chi connectivity index (χ0) is 50.6. The molecule has 65 heavy (non-hydrogen) atoms. The van der Waals surface area contributed by atoms with E-state index in [0.29, 0.717) is 0 Å². The van der Waals surface area contributed by atoms with E-state index in [0.717, 1.165) is 0 Å². The second kappa shape index (κ2) is 16.8. The zero-order valence-corrected chi connectivity index (χ0v) is 48.0. The highest BCUT2D eigenvalue weighted by atomic mass is 16.5. The fraction of sp³-hybridized carbons (Fsp3) is 0.625. The first-order valence-corrected chi connectivity index (χ1v) is 25.0. The highest BCUT2D eigenvalue weighted by Gasteiger charge is 2.50. The maximum atomic E-state index is 8.94. The van der Waals surface area contributed by atoms with Gasteiger partial charge in [-0.2, -0.15) is 0 Å². The topological polar surface area (TPSA) is 9.23 Å². The highest BCUT2D eigenvalue weighted by molar-refractivity contribution is 5.60. The van der Waals surface area contributed by atoms with Crippen LogP contribution in [0.5, 0.6) is 0 Å². The number of ether oxygens (including phenoxy) is 1. The zero-order valence-electron chi connectivity index (χ0n) is 48.0. The molecular formula is C64H98O. The van der Waals surface area contributed by atoms with Crippen LogP contribution in [0.25, 0.3) is 0 Å². The smallest absolute Gasteiger partial charge is 0.118 e. The van der Waals surface area contributed by atoms with Gasteiger partial charge in [-0.3, -0.25) is 0 Å². The Morgan fingerprint density at radius 2 is 0.385 bits per heavy atom. The van der Waals surface area contributed by atoms with Gasteiger partial charge in [0.25, 0.3) is 0 Å². The Labute approximate surface area is 402 Å². The summed E-state index contributed by atoms with van der Waals surface area (Å²) in [7, 11) is 0. The van der Waals surface area contributed by atoms with E-state index in [-0.39, 0.29) is 43.3 Å². The highest BCUT2D eigenvalue weighted by Crippen LogP contribution is 2.56. The van der Waals surface area contributed by atoms with Gasteiger partial charge in [-0.25, -0.2) is 0 Å². The summed E-state index contributed by atoms with van der Waals surface area (Å²) in [5, 5.41) is 0. The van der Waals surface area contributed by atoms with E-state index in [1.54, 1.807) is 0 Å². The maximum absolute atomic E-state index is 8.94. The molecule has 4 aromatic rings. The van der Waals surface area contributed by atoms with Gasteiger partial charge in [-0.15, -0.1) is 0 Å². The third-order valence-corrected chi connectivity index (χ3v) is 14.4. The van der Waals surface area contributed by atoms with Crippen LogP contribution in [0.2, 0.25) is 0 Å². The van der Waals surface area contributed by atoms with Crippen LogP contribution in [-0.4, -0.2) is 0 Å². The van der Waals surface area contributed by atoms with Gasteiger partial charge in [0.1, 0.15) is 11.2 Å². The summed E-state index contributed by atoms with van der Waals surface area (Å²) in [4.78, 5) is 0. The fourth-order valence-corrected chi connectivity index (χ4v) is 10.6. The van der Waals surface area contributed by atoms with Crippen LogP contribution in [0.3, 0.4) is 0 Å². The van der Waals surface area contributed by atoms with Crippen molar-refractivity contribution in [3.63, 3.8) is 0 Å². The molecule has 0 saturated carbocycles. The minimum atomic E-state index is -0.935. The number of rotatable bonds is 6. The summed E-state index contributed by atoms with van der Waals surface area (Å²) in [5.74, 6) is 0. The van der Waals surface area contributed by atoms with Gasteiger partial charge in [0, 0.05) is 0 Å². The Morgan fingerprint density at radius 3 is 0.508 bits per heavy atom. The Hall–Kier alpha value is -3.16. The summed E-state index contributed by atoms with van der Waals surface area (Å²) in [5.41, 5.74) is 18.3. The molecule has 0 amide bonds. The van der Waals surface area contributed by atoms with Gasteiger partial charge in [-0.1, -0.05) is 215 Å². The van der Waals surface area contributed by atoms with Crippen molar-refractivity contribution in [2.45, 2.75) is 262 Å². The predicted octanol–water partition coefficient (Wildman–Crippen LogP) is 18.5. The molecule has 0 aliphatic rings. The average molecular weight is 883 g/mol. The molecular weight excluding hydrogens is 785 g/mol. The van der Waals surface area contributed by atoms with Gasteiger partial charge in [0.05, 0.1) is 0 Å². The molecule has 0 saturated heterocycles. The Bertz CT molecular complexity index is 2070. The second-order valence-electron chi connectivity index (χ2n) is 29.0. The molecule has 0 unspecified atom stereocenters. The fourth-order valence-electron chi connectivity index (χ4n) is 10.6. The molecule has 0 fully saturated rings. The van der Waals surface area contributed by atoms with E-state index in [1.165, 1.54) is 89.0 Å². The van der Waals surface area contributed by atoms with E-state index in [4.69, 9.17) is 4.74 Å². The van der Waals surface area contributed by atoms with Gasteiger partial charge in [-0.05, 0) is 174 Å². The summed E-state index contributed by atoms with van der Waals surface area (Å²) >= 11 is 0. The number of benzene rings is 4. The summed E-state index contributed by atoms with van der Waals surface area (Å²) in [6.07, 6.45) is 0. The van der Waals surface area contributed by atoms with Crippen molar-refractivity contribution in [2.24, 2.45) is 0 Å². The van der Waals surface area contributed by atoms with Gasteiger partial charge in [0.2, 0.25) is 0 Å². The molecule has 0 N–H and O–H groups in total. The van der Waals surface area contributed by atoms with E-state index in [9.17, 15) is 0 Å². The SMILES string of the molecule is Cc1cc(C(C)(C)C)cc(C(C)(C)C)c1C(C)(OC(C)(c1c(C)cc(C(C)(C)C)cc1C(C)(C)C)c1c(C)cc(C(C)(C)C)cc1C(C)(C)C)c1c(C)cc(C(C)(C)C)cc1C(C)(C)C. The standard InChI is InChI=1S/C64H98O/c1-39-31-43(55(5,6)7)35-47(59(17,18)19)51(39)63(29,52-40(2)32-44(56(8,9)10)36-48(52)60(20,21)22)65-64(30,53-41(3)33-45(57(11,12)13)37-49(53)61(23,24)25)54-42(4)34-46(58(14,15)16)38-50(54)62(26,27)28/h31-38H,1-30H3. The number of hydrogen-bond acceptors (Lipinski definition) is 1. The van der Waals surface area contributed by atoms with Crippen LogP contribution in [0.1, 0.15) is 269 Å². The van der Waals surface area contributed by atoms with Gasteiger partial charge >= 0.3 is 0 Å². The lowest BCUT2D eigenvalue weighted by atomic mass is 9.65. The third-order valence-electron chi connectivity index (χ3n) is 14.4. The van der Waals surface area contributed by atoms with Crippen LogP contribution in [0.4, 0.5) is 0 Å². The number of aryl methyl sites for hydroxylation is 4. The van der Waals surface area contributed by atoms with Gasteiger partial charge < -0.3 is 4.74 Å². The van der Waals surface area contributed by atoms with Crippen LogP contribution in [-0.2, 0) is 59.3 Å². The molecule has 360 valence electrons. The Morgan fingerprint density at radius 1 is 0.231 bits per heavy atom. The molecule has 0 bridgehead atoms. The molecule has 0 aromatic heterocycles. The van der Waals surface area contributed by atoms with Gasteiger partial charge in [0.15, 0.2) is 0 Å². The predicted molar refractivity (Wildman–Crippen MR) is 288 cm³/mol. The average Bonchev–Trinajstić information content (AvgIpc) is 3.06. The minimum absolute atomic E-state index is 0.0308. The minimum Gasteiger partial charge on any atom is -0.350 e. The summed E-state index contributed by atoms with van der Waals surface area (Å²) < 4.78 is 8.94.